The lowest BCUT2D eigenvalue weighted by molar-refractivity contribution is -0.0107. The molecule has 0 unspecified atom stereocenters. The molecule has 1 N–H and O–H groups in total. The standard InChI is InChI=1S/C25H35NO3/c1-20(2)13-16-29-23-11-9-22(10-12-23)25(3,27)24(21-7-5-4-6-8-21)19-26-14-17-28-18-15-26/h4-12,20,24,27H,13-19H2,1-3H3/t24-,25+/m1/s1. The van der Waals surface area contributed by atoms with Gasteiger partial charge in [-0.25, -0.2) is 0 Å². The highest BCUT2D eigenvalue weighted by atomic mass is 16.5. The van der Waals surface area contributed by atoms with E-state index in [-0.39, 0.29) is 5.92 Å². The molecule has 29 heavy (non-hydrogen) atoms. The number of hydrogen-bond acceptors (Lipinski definition) is 4. The molecule has 0 spiro atoms. The number of aliphatic hydroxyl groups is 1. The predicted molar refractivity (Wildman–Crippen MR) is 117 cm³/mol. The second-order valence-corrected chi connectivity index (χ2v) is 8.58. The first-order valence-corrected chi connectivity index (χ1v) is 10.8. The van der Waals surface area contributed by atoms with Crippen LogP contribution in [0.5, 0.6) is 5.75 Å². The van der Waals surface area contributed by atoms with Crippen LogP contribution >= 0.6 is 0 Å². The van der Waals surface area contributed by atoms with Crippen LogP contribution in [-0.2, 0) is 10.3 Å². The summed E-state index contributed by atoms with van der Waals surface area (Å²) < 4.78 is 11.3. The molecule has 158 valence electrons. The zero-order chi connectivity index (χ0) is 20.7. The lowest BCUT2D eigenvalue weighted by Crippen LogP contribution is -2.43. The third-order valence-corrected chi connectivity index (χ3v) is 5.83. The summed E-state index contributed by atoms with van der Waals surface area (Å²) in [5.74, 6) is 1.45. The van der Waals surface area contributed by atoms with Gasteiger partial charge in [0.25, 0.3) is 0 Å². The monoisotopic (exact) mass is 397 g/mol. The fourth-order valence-electron chi connectivity index (χ4n) is 3.84. The van der Waals surface area contributed by atoms with Crippen molar-refractivity contribution in [2.24, 2.45) is 5.92 Å². The molecule has 1 aliphatic rings. The first-order valence-electron chi connectivity index (χ1n) is 10.8. The molecule has 3 rings (SSSR count). The Labute approximate surface area is 175 Å². The molecular weight excluding hydrogens is 362 g/mol. The van der Waals surface area contributed by atoms with E-state index < -0.39 is 5.60 Å². The summed E-state index contributed by atoms with van der Waals surface area (Å²) in [6, 6.07) is 18.3. The summed E-state index contributed by atoms with van der Waals surface area (Å²) in [7, 11) is 0. The van der Waals surface area contributed by atoms with Gasteiger partial charge in [0.05, 0.1) is 25.4 Å². The molecule has 0 amide bonds. The zero-order valence-corrected chi connectivity index (χ0v) is 18.0. The molecule has 4 nitrogen and oxygen atoms in total. The van der Waals surface area contributed by atoms with Crippen LogP contribution in [0.15, 0.2) is 54.6 Å². The molecule has 0 bridgehead atoms. The Bertz CT molecular complexity index is 721. The summed E-state index contributed by atoms with van der Waals surface area (Å²) in [5, 5.41) is 11.7. The molecular formula is C25H35NO3. The molecule has 0 radical (unpaired) electrons. The van der Waals surface area contributed by atoms with Crippen molar-refractivity contribution in [2.45, 2.75) is 38.7 Å². The van der Waals surface area contributed by atoms with Crippen LogP contribution in [0.4, 0.5) is 0 Å². The first kappa shape index (κ1) is 21.8. The van der Waals surface area contributed by atoms with Gasteiger partial charge in [0.1, 0.15) is 5.75 Å². The second-order valence-electron chi connectivity index (χ2n) is 8.58. The van der Waals surface area contributed by atoms with Crippen LogP contribution in [0.25, 0.3) is 0 Å². The number of benzene rings is 2. The van der Waals surface area contributed by atoms with Gasteiger partial charge < -0.3 is 14.6 Å². The lowest BCUT2D eigenvalue weighted by Gasteiger charge is -2.38. The average molecular weight is 398 g/mol. The molecule has 2 aromatic carbocycles. The van der Waals surface area contributed by atoms with Gasteiger partial charge in [0, 0.05) is 25.6 Å². The Kier molecular flexibility index (Phi) is 7.70. The minimum Gasteiger partial charge on any atom is -0.494 e. The van der Waals surface area contributed by atoms with Gasteiger partial charge in [-0.1, -0.05) is 56.3 Å². The highest BCUT2D eigenvalue weighted by Gasteiger charge is 2.36. The SMILES string of the molecule is CC(C)CCOc1ccc([C@](C)(O)[C@H](CN2CCOCC2)c2ccccc2)cc1. The van der Waals surface area contributed by atoms with Crippen LogP contribution in [0, 0.1) is 5.92 Å². The number of ether oxygens (including phenoxy) is 2. The maximum Gasteiger partial charge on any atom is 0.119 e. The minimum atomic E-state index is -0.990. The Balaban J connectivity index is 1.78. The summed E-state index contributed by atoms with van der Waals surface area (Å²) in [6.45, 7) is 11.2. The third kappa shape index (κ3) is 6.05. The van der Waals surface area contributed by atoms with Gasteiger partial charge in [-0.2, -0.15) is 0 Å². The van der Waals surface area contributed by atoms with Crippen LogP contribution in [0.2, 0.25) is 0 Å². The van der Waals surface area contributed by atoms with E-state index in [1.165, 1.54) is 0 Å². The van der Waals surface area contributed by atoms with E-state index in [1.54, 1.807) is 0 Å². The molecule has 0 aromatic heterocycles. The van der Waals surface area contributed by atoms with E-state index >= 15 is 0 Å². The lowest BCUT2D eigenvalue weighted by atomic mass is 9.78. The quantitative estimate of drug-likeness (QED) is 0.679. The van der Waals surface area contributed by atoms with Gasteiger partial charge in [-0.3, -0.25) is 4.90 Å². The Hall–Kier alpha value is -1.88. The highest BCUT2D eigenvalue weighted by molar-refractivity contribution is 5.35. The van der Waals surface area contributed by atoms with Gasteiger partial charge >= 0.3 is 0 Å². The maximum atomic E-state index is 11.7. The van der Waals surface area contributed by atoms with Crippen LogP contribution in [-0.4, -0.2) is 49.5 Å². The molecule has 0 saturated carbocycles. The fourth-order valence-corrected chi connectivity index (χ4v) is 3.84. The molecule has 1 saturated heterocycles. The summed E-state index contributed by atoms with van der Waals surface area (Å²) in [6.07, 6.45) is 1.04. The van der Waals surface area contributed by atoms with Crippen LogP contribution in [0.1, 0.15) is 44.2 Å². The molecule has 4 heteroatoms. The van der Waals surface area contributed by atoms with Crippen molar-refractivity contribution >= 4 is 0 Å². The number of rotatable bonds is 9. The molecule has 1 fully saturated rings. The number of hydrogen-bond donors (Lipinski definition) is 1. The fraction of sp³-hybridized carbons (Fsp3) is 0.520. The van der Waals surface area contributed by atoms with Gasteiger partial charge in [0.2, 0.25) is 0 Å². The molecule has 1 aliphatic heterocycles. The van der Waals surface area contributed by atoms with Crippen LogP contribution in [0.3, 0.4) is 0 Å². The molecule has 1 heterocycles. The van der Waals surface area contributed by atoms with E-state index in [0.717, 1.165) is 62.8 Å². The molecule has 2 atom stereocenters. The molecule has 2 aromatic rings. The van der Waals surface area contributed by atoms with Gasteiger partial charge in [0.15, 0.2) is 0 Å². The largest absolute Gasteiger partial charge is 0.494 e. The van der Waals surface area contributed by atoms with Crippen molar-refractivity contribution < 1.29 is 14.6 Å². The van der Waals surface area contributed by atoms with Gasteiger partial charge in [-0.05, 0) is 42.5 Å². The van der Waals surface area contributed by atoms with Gasteiger partial charge in [-0.15, -0.1) is 0 Å². The Morgan fingerprint density at radius 3 is 2.31 bits per heavy atom. The third-order valence-electron chi connectivity index (χ3n) is 5.83. The van der Waals surface area contributed by atoms with E-state index in [1.807, 2.05) is 49.4 Å². The number of nitrogens with zero attached hydrogens (tertiary/aromatic N) is 1. The van der Waals surface area contributed by atoms with E-state index in [0.29, 0.717) is 5.92 Å². The smallest absolute Gasteiger partial charge is 0.119 e. The first-order chi connectivity index (χ1) is 14.0. The minimum absolute atomic E-state index is 0.0329. The van der Waals surface area contributed by atoms with E-state index in [9.17, 15) is 5.11 Å². The highest BCUT2D eigenvalue weighted by Crippen LogP contribution is 2.38. The Morgan fingerprint density at radius 2 is 1.69 bits per heavy atom. The summed E-state index contributed by atoms with van der Waals surface area (Å²) in [4.78, 5) is 2.39. The van der Waals surface area contributed by atoms with Crippen molar-refractivity contribution in [1.82, 2.24) is 4.90 Å². The van der Waals surface area contributed by atoms with E-state index in [2.05, 4.69) is 30.9 Å². The maximum absolute atomic E-state index is 11.7. The number of morpholine rings is 1. The van der Waals surface area contributed by atoms with Crippen molar-refractivity contribution in [1.29, 1.82) is 0 Å². The van der Waals surface area contributed by atoms with Crippen molar-refractivity contribution in [3.63, 3.8) is 0 Å². The normalized spacial score (nSPS) is 18.4. The van der Waals surface area contributed by atoms with Crippen molar-refractivity contribution in [3.05, 3.63) is 65.7 Å². The van der Waals surface area contributed by atoms with Crippen molar-refractivity contribution in [3.8, 4) is 5.75 Å². The summed E-state index contributed by atoms with van der Waals surface area (Å²) >= 11 is 0. The Morgan fingerprint density at radius 1 is 1.03 bits per heavy atom. The van der Waals surface area contributed by atoms with Crippen molar-refractivity contribution in [2.75, 3.05) is 39.5 Å². The topological polar surface area (TPSA) is 41.9 Å². The predicted octanol–water partition coefficient (Wildman–Crippen LogP) is 4.44. The average Bonchev–Trinajstić information content (AvgIpc) is 2.73. The zero-order valence-electron chi connectivity index (χ0n) is 18.0. The van der Waals surface area contributed by atoms with E-state index in [4.69, 9.17) is 9.47 Å². The molecule has 0 aliphatic carbocycles. The summed E-state index contributed by atoms with van der Waals surface area (Å²) in [5.41, 5.74) is 1.08. The second kappa shape index (κ2) is 10.2. The van der Waals surface area contributed by atoms with Crippen LogP contribution < -0.4 is 4.74 Å².